The van der Waals surface area contributed by atoms with Gasteiger partial charge in [0, 0.05) is 6.42 Å². The Balaban J connectivity index is 0.00000529. The first kappa shape index (κ1) is 34.7. The highest BCUT2D eigenvalue weighted by Gasteiger charge is 2.47. The third kappa shape index (κ3) is 8.04. The summed E-state index contributed by atoms with van der Waals surface area (Å²) in [6.45, 7) is 5.40. The zero-order valence-electron chi connectivity index (χ0n) is 25.8. The van der Waals surface area contributed by atoms with E-state index in [1.165, 1.54) is 14.2 Å². The van der Waals surface area contributed by atoms with Crippen molar-refractivity contribution in [2.24, 2.45) is 0 Å². The Morgan fingerprint density at radius 2 is 1.16 bits per heavy atom. The fourth-order valence-electron chi connectivity index (χ4n) is 5.31. The van der Waals surface area contributed by atoms with E-state index in [0.717, 1.165) is 21.6 Å². The second-order valence-electron chi connectivity index (χ2n) is 11.2. The molecular formula is C35H39BrNO6P. The molecule has 0 amide bonds. The number of hydrogen-bond acceptors (Lipinski definition) is 6. The SMILES string of the molecule is COC(=O)CCc1c(C(=O)OC(C)(C)C)[nH]c(C[P+](c2ccccc2)(c2ccccc2)c2ccccc2)c1CC(=O)OC.[Br-]. The Bertz CT molecular complexity index is 1450. The van der Waals surface area contributed by atoms with Crippen LogP contribution in [0.3, 0.4) is 0 Å². The molecule has 0 atom stereocenters. The standard InChI is InChI=1S/C35H38NO6P.BrH/c1-35(2,3)42-34(39)33-28(21-22-31(37)40-4)29(23-32(38)41-5)30(36-33)24-43(25-15-9-6-10-16-25,26-17-11-7-12-18-26)27-19-13-8-14-20-27;/h6-20H,21-24H2,1-5H3;1H. The van der Waals surface area contributed by atoms with Gasteiger partial charge in [-0.3, -0.25) is 9.59 Å². The van der Waals surface area contributed by atoms with Gasteiger partial charge in [0.05, 0.1) is 26.3 Å². The van der Waals surface area contributed by atoms with Gasteiger partial charge in [-0.1, -0.05) is 54.6 Å². The van der Waals surface area contributed by atoms with Gasteiger partial charge in [0.25, 0.3) is 0 Å². The molecule has 4 aromatic rings. The first-order valence-electron chi connectivity index (χ1n) is 14.2. The second kappa shape index (κ2) is 15.3. The summed E-state index contributed by atoms with van der Waals surface area (Å²) in [5.74, 6) is -1.41. The number of hydrogen-bond donors (Lipinski definition) is 1. The summed E-state index contributed by atoms with van der Waals surface area (Å²) < 4.78 is 15.8. The third-order valence-electron chi connectivity index (χ3n) is 7.25. The quantitative estimate of drug-likeness (QED) is 0.149. The normalized spacial score (nSPS) is 11.3. The highest BCUT2D eigenvalue weighted by Crippen LogP contribution is 2.58. The topological polar surface area (TPSA) is 94.7 Å². The number of esters is 3. The Morgan fingerprint density at radius 1 is 0.705 bits per heavy atom. The summed E-state index contributed by atoms with van der Waals surface area (Å²) in [4.78, 5) is 42.1. The van der Waals surface area contributed by atoms with Crippen molar-refractivity contribution in [1.82, 2.24) is 4.98 Å². The molecule has 1 N–H and O–H groups in total. The number of ether oxygens (including phenoxy) is 3. The molecule has 0 aliphatic heterocycles. The molecule has 3 aromatic carbocycles. The maximum absolute atomic E-state index is 13.6. The van der Waals surface area contributed by atoms with Crippen molar-refractivity contribution in [3.05, 3.63) is 114 Å². The monoisotopic (exact) mass is 679 g/mol. The first-order valence-corrected chi connectivity index (χ1v) is 16.2. The molecule has 1 aromatic heterocycles. The summed E-state index contributed by atoms with van der Waals surface area (Å²) >= 11 is 0. The molecule has 9 heteroatoms. The smallest absolute Gasteiger partial charge is 0.355 e. The van der Waals surface area contributed by atoms with Gasteiger partial charge in [-0.2, -0.15) is 0 Å². The van der Waals surface area contributed by atoms with Gasteiger partial charge < -0.3 is 36.2 Å². The number of H-pyrrole nitrogens is 1. The molecule has 44 heavy (non-hydrogen) atoms. The number of carbonyl (C=O) groups is 3. The summed E-state index contributed by atoms with van der Waals surface area (Å²) in [5, 5.41) is 3.46. The molecule has 232 valence electrons. The van der Waals surface area contributed by atoms with Crippen LogP contribution in [-0.4, -0.2) is 42.7 Å². The molecular weight excluding hydrogens is 641 g/mol. The van der Waals surface area contributed by atoms with Crippen molar-refractivity contribution in [2.45, 2.75) is 51.8 Å². The van der Waals surface area contributed by atoms with Gasteiger partial charge >= 0.3 is 17.9 Å². The number of aromatic amines is 1. The second-order valence-corrected chi connectivity index (χ2v) is 14.7. The number of rotatable bonds is 11. The predicted octanol–water partition coefficient (Wildman–Crippen LogP) is 2.29. The number of benzene rings is 3. The average molecular weight is 681 g/mol. The maximum atomic E-state index is 13.6. The van der Waals surface area contributed by atoms with Crippen LogP contribution < -0.4 is 32.9 Å². The molecule has 0 saturated carbocycles. The lowest BCUT2D eigenvalue weighted by atomic mass is 10.0. The first-order chi connectivity index (χ1) is 20.6. The van der Waals surface area contributed by atoms with Gasteiger partial charge in [-0.05, 0) is 74.7 Å². The third-order valence-corrected chi connectivity index (χ3v) is 11.6. The molecule has 0 unspecified atom stereocenters. The van der Waals surface area contributed by atoms with Gasteiger partial charge in [-0.25, -0.2) is 4.79 Å². The van der Waals surface area contributed by atoms with Crippen LogP contribution in [0.4, 0.5) is 0 Å². The predicted molar refractivity (Wildman–Crippen MR) is 171 cm³/mol. The minimum Gasteiger partial charge on any atom is -1.00 e. The molecule has 7 nitrogen and oxygen atoms in total. The average Bonchev–Trinajstić information content (AvgIpc) is 3.35. The number of carbonyl (C=O) groups excluding carboxylic acids is 3. The fourth-order valence-corrected chi connectivity index (χ4v) is 9.54. The van der Waals surface area contributed by atoms with Crippen molar-refractivity contribution in [1.29, 1.82) is 0 Å². The molecule has 1 heterocycles. The summed E-state index contributed by atoms with van der Waals surface area (Å²) in [5.41, 5.74) is 1.42. The van der Waals surface area contributed by atoms with Crippen molar-refractivity contribution in [3.8, 4) is 0 Å². The van der Waals surface area contributed by atoms with Crippen molar-refractivity contribution < 1.29 is 45.6 Å². The van der Waals surface area contributed by atoms with Gasteiger partial charge in [-0.15, -0.1) is 0 Å². The Hall–Kier alpha value is -3.74. The minimum atomic E-state index is -2.40. The maximum Gasteiger partial charge on any atom is 0.355 e. The molecule has 0 aliphatic carbocycles. The van der Waals surface area contributed by atoms with Gasteiger partial charge in [0.15, 0.2) is 0 Å². The zero-order chi connectivity index (χ0) is 31.0. The summed E-state index contributed by atoms with van der Waals surface area (Å²) in [6.07, 6.45) is 0.650. The van der Waals surface area contributed by atoms with Crippen LogP contribution in [0.1, 0.15) is 54.5 Å². The molecule has 0 fully saturated rings. The molecule has 0 aliphatic rings. The van der Waals surface area contributed by atoms with E-state index in [2.05, 4.69) is 41.4 Å². The molecule has 0 saturated heterocycles. The Kier molecular flexibility index (Phi) is 12.1. The van der Waals surface area contributed by atoms with Crippen LogP contribution in [-0.2, 0) is 42.8 Å². The van der Waals surface area contributed by atoms with Crippen LogP contribution in [0.25, 0.3) is 0 Å². The van der Waals surface area contributed by atoms with Crippen LogP contribution in [0.2, 0.25) is 0 Å². The highest BCUT2D eigenvalue weighted by molar-refractivity contribution is 7.95. The number of halogens is 1. The van der Waals surface area contributed by atoms with Crippen molar-refractivity contribution >= 4 is 41.1 Å². The Labute approximate surface area is 270 Å². The number of nitrogens with one attached hydrogen (secondary N) is 1. The van der Waals surface area contributed by atoms with E-state index in [-0.39, 0.29) is 41.9 Å². The van der Waals surface area contributed by atoms with Crippen LogP contribution in [0.5, 0.6) is 0 Å². The van der Waals surface area contributed by atoms with E-state index in [9.17, 15) is 14.4 Å². The van der Waals surface area contributed by atoms with E-state index in [1.807, 2.05) is 54.6 Å². The van der Waals surface area contributed by atoms with Crippen LogP contribution in [0.15, 0.2) is 91.0 Å². The lowest BCUT2D eigenvalue weighted by Gasteiger charge is -2.28. The van der Waals surface area contributed by atoms with E-state index in [1.54, 1.807) is 20.8 Å². The van der Waals surface area contributed by atoms with Crippen LogP contribution >= 0.6 is 7.26 Å². The van der Waals surface area contributed by atoms with E-state index >= 15 is 0 Å². The molecule has 0 bridgehead atoms. The van der Waals surface area contributed by atoms with Gasteiger partial charge in [0.2, 0.25) is 0 Å². The van der Waals surface area contributed by atoms with Crippen LogP contribution in [0, 0.1) is 0 Å². The van der Waals surface area contributed by atoms with E-state index in [0.29, 0.717) is 17.3 Å². The van der Waals surface area contributed by atoms with Crippen molar-refractivity contribution in [3.63, 3.8) is 0 Å². The molecule has 4 rings (SSSR count). The highest BCUT2D eigenvalue weighted by atomic mass is 79.9. The van der Waals surface area contributed by atoms with E-state index in [4.69, 9.17) is 14.2 Å². The summed E-state index contributed by atoms with van der Waals surface area (Å²) in [6, 6.07) is 31.1. The molecule has 0 radical (unpaired) electrons. The van der Waals surface area contributed by atoms with Crippen molar-refractivity contribution in [2.75, 3.05) is 14.2 Å². The minimum absolute atomic E-state index is 0. The Morgan fingerprint density at radius 3 is 1.57 bits per heavy atom. The largest absolute Gasteiger partial charge is 1.00 e. The fraction of sp³-hybridized carbons (Fsp3) is 0.286. The van der Waals surface area contributed by atoms with Gasteiger partial charge in [0.1, 0.15) is 40.6 Å². The number of methoxy groups -OCH3 is 2. The lowest BCUT2D eigenvalue weighted by molar-refractivity contribution is -0.141. The lowest BCUT2D eigenvalue weighted by Crippen LogP contribution is -3.00. The van der Waals surface area contributed by atoms with E-state index < -0.39 is 30.8 Å². The zero-order valence-corrected chi connectivity index (χ0v) is 28.2. The number of aromatic nitrogens is 1. The molecule has 0 spiro atoms. The summed E-state index contributed by atoms with van der Waals surface area (Å²) in [7, 11) is 0.264.